The monoisotopic (exact) mass is 543 g/mol. The van der Waals surface area contributed by atoms with Gasteiger partial charge in [-0.25, -0.2) is 0 Å². The molecule has 0 aromatic heterocycles. The first-order chi connectivity index (χ1) is 14.7. The van der Waals surface area contributed by atoms with Crippen molar-refractivity contribution in [2.24, 2.45) is 11.8 Å². The van der Waals surface area contributed by atoms with Gasteiger partial charge >= 0.3 is 197 Å². The minimum atomic E-state index is -2.27. The van der Waals surface area contributed by atoms with Crippen LogP contribution in [0.15, 0.2) is 22.3 Å². The minimum absolute atomic E-state index is 0.00817. The van der Waals surface area contributed by atoms with E-state index in [0.717, 1.165) is 0 Å². The number of nitrogens with one attached hydrogen (secondary N) is 1. The molecule has 2 atom stereocenters. The fourth-order valence-corrected chi connectivity index (χ4v) is 18.5. The Labute approximate surface area is 196 Å². The molecule has 1 amide bonds. The Bertz CT molecular complexity index is 535. The first kappa shape index (κ1) is 30.2. The van der Waals surface area contributed by atoms with E-state index in [1.54, 1.807) is 6.08 Å². The van der Waals surface area contributed by atoms with Crippen molar-refractivity contribution in [3.05, 3.63) is 22.3 Å². The zero-order chi connectivity index (χ0) is 23.7. The van der Waals surface area contributed by atoms with Crippen molar-refractivity contribution in [2.45, 2.75) is 106 Å². The van der Waals surface area contributed by atoms with Crippen LogP contribution in [0.5, 0.6) is 0 Å². The molecule has 0 aliphatic rings. The number of unbranched alkanes of at least 4 members (excludes halogenated alkanes) is 3. The molecule has 0 unspecified atom stereocenters. The molecule has 0 saturated heterocycles. The first-order valence-corrected chi connectivity index (χ1v) is 20.2. The molecular formula is C26H49NO3Sn. The van der Waals surface area contributed by atoms with Gasteiger partial charge in [0.1, 0.15) is 0 Å². The van der Waals surface area contributed by atoms with Crippen LogP contribution in [-0.2, 0) is 14.3 Å². The molecule has 5 heteroatoms. The standard InChI is InChI=1S/C14H22NO3.3C4H9.Sn/c1-6-9-15-13(17)8-7-11(4)14(10(2)3)18-12(5)16;3*1-3-4-2;/h1,6-8,10-11,14H,9H2,2-5H3,(H,15,17);3*1,3-4H2,2H3;/b6-1?,8-7+;;;;/t11-,14-;;;;/m1..../s1. The Balaban J connectivity index is 4.90. The third-order valence-corrected chi connectivity index (χ3v) is 20.2. The van der Waals surface area contributed by atoms with Crippen molar-refractivity contribution in [3.63, 3.8) is 0 Å². The second kappa shape index (κ2) is 17.7. The van der Waals surface area contributed by atoms with Gasteiger partial charge < -0.3 is 0 Å². The van der Waals surface area contributed by atoms with Gasteiger partial charge in [-0.05, 0) is 0 Å². The van der Waals surface area contributed by atoms with E-state index in [0.29, 0.717) is 6.54 Å². The second-order valence-electron chi connectivity index (χ2n) is 9.36. The van der Waals surface area contributed by atoms with E-state index in [-0.39, 0.29) is 29.8 Å². The zero-order valence-electron chi connectivity index (χ0n) is 21.3. The third-order valence-electron chi connectivity index (χ3n) is 5.98. The van der Waals surface area contributed by atoms with Gasteiger partial charge in [-0.15, -0.1) is 0 Å². The molecule has 0 aromatic rings. The Hall–Kier alpha value is -0.781. The number of esters is 1. The molecule has 0 spiro atoms. The van der Waals surface area contributed by atoms with Crippen LogP contribution in [0.25, 0.3) is 0 Å². The normalized spacial score (nSPS) is 14.3. The van der Waals surface area contributed by atoms with E-state index in [4.69, 9.17) is 4.74 Å². The van der Waals surface area contributed by atoms with E-state index in [1.807, 2.05) is 26.8 Å². The molecule has 180 valence electrons. The molecule has 31 heavy (non-hydrogen) atoms. The third kappa shape index (κ3) is 14.1. The molecule has 0 heterocycles. The second-order valence-corrected chi connectivity index (χ2v) is 22.4. The Kier molecular flexibility index (Phi) is 17.3. The van der Waals surface area contributed by atoms with Gasteiger partial charge in [0.25, 0.3) is 0 Å². The summed E-state index contributed by atoms with van der Waals surface area (Å²) < 4.78 is 12.3. The fraction of sp³-hybridized carbons (Fsp3) is 0.769. The van der Waals surface area contributed by atoms with Gasteiger partial charge in [-0.2, -0.15) is 0 Å². The molecule has 0 rings (SSSR count). The van der Waals surface area contributed by atoms with Crippen molar-refractivity contribution in [1.82, 2.24) is 5.32 Å². The predicted molar refractivity (Wildman–Crippen MR) is 136 cm³/mol. The van der Waals surface area contributed by atoms with Crippen LogP contribution in [0, 0.1) is 11.8 Å². The topological polar surface area (TPSA) is 55.4 Å². The molecule has 0 saturated carbocycles. The molecule has 0 bridgehead atoms. The van der Waals surface area contributed by atoms with E-state index in [2.05, 4.69) is 36.3 Å². The molecule has 0 aliphatic carbocycles. The number of rotatable bonds is 17. The summed E-state index contributed by atoms with van der Waals surface area (Å²) in [4.78, 5) is 23.6. The number of ether oxygens (including phenoxy) is 1. The molecule has 4 nitrogen and oxygen atoms in total. The molecule has 0 aromatic carbocycles. The van der Waals surface area contributed by atoms with Gasteiger partial charge in [-0.1, -0.05) is 0 Å². The molecular weight excluding hydrogens is 493 g/mol. The van der Waals surface area contributed by atoms with Gasteiger partial charge in [0.15, 0.2) is 0 Å². The summed E-state index contributed by atoms with van der Waals surface area (Å²) in [5.74, 6) is -0.174. The molecule has 0 aliphatic heterocycles. The van der Waals surface area contributed by atoms with Crippen LogP contribution >= 0.6 is 0 Å². The van der Waals surface area contributed by atoms with Crippen LogP contribution < -0.4 is 5.32 Å². The quantitative estimate of drug-likeness (QED) is 0.125. The van der Waals surface area contributed by atoms with Gasteiger partial charge in [0.05, 0.1) is 0 Å². The summed E-state index contributed by atoms with van der Waals surface area (Å²) >= 11 is -2.27. The number of carbonyl (C=O) groups excluding carboxylic acids is 2. The predicted octanol–water partition coefficient (Wildman–Crippen LogP) is 6.83. The van der Waals surface area contributed by atoms with Crippen LogP contribution in [0.4, 0.5) is 0 Å². The Morgan fingerprint density at radius 3 is 1.87 bits per heavy atom. The SMILES string of the molecule is CCC[CH2][Sn](/[CH]=C/CNC(=O)/C=C/[C@@H](C)[C@H](OC(C)=O)C(C)C)([CH2]CCC)[CH2]CCC. The number of hydrogen-bond donors (Lipinski definition) is 1. The van der Waals surface area contributed by atoms with Crippen molar-refractivity contribution in [2.75, 3.05) is 6.54 Å². The average molecular weight is 542 g/mol. The summed E-state index contributed by atoms with van der Waals surface area (Å²) in [6, 6.07) is 0. The summed E-state index contributed by atoms with van der Waals surface area (Å²) in [6.45, 7) is 14.9. The van der Waals surface area contributed by atoms with Gasteiger partial charge in [-0.3, -0.25) is 0 Å². The molecule has 0 fully saturated rings. The Morgan fingerprint density at radius 1 is 0.935 bits per heavy atom. The first-order valence-electron chi connectivity index (χ1n) is 12.5. The maximum absolute atomic E-state index is 12.3. The molecule has 1 N–H and O–H groups in total. The van der Waals surface area contributed by atoms with Gasteiger partial charge in [0, 0.05) is 0 Å². The van der Waals surface area contributed by atoms with Crippen LogP contribution in [-0.4, -0.2) is 42.9 Å². The number of hydrogen-bond acceptors (Lipinski definition) is 3. The Morgan fingerprint density at radius 2 is 1.45 bits per heavy atom. The van der Waals surface area contributed by atoms with Crippen molar-refractivity contribution in [3.8, 4) is 0 Å². The van der Waals surface area contributed by atoms with Crippen molar-refractivity contribution >= 4 is 30.3 Å². The van der Waals surface area contributed by atoms with E-state index < -0.39 is 18.4 Å². The fourth-order valence-electron chi connectivity index (χ4n) is 4.13. The summed E-state index contributed by atoms with van der Waals surface area (Å²) in [7, 11) is 0. The zero-order valence-corrected chi connectivity index (χ0v) is 24.2. The van der Waals surface area contributed by atoms with Crippen LogP contribution in [0.3, 0.4) is 0 Å². The van der Waals surface area contributed by atoms with E-state index in [1.165, 1.54) is 58.8 Å². The van der Waals surface area contributed by atoms with Crippen LogP contribution in [0.1, 0.15) is 87.0 Å². The summed E-state index contributed by atoms with van der Waals surface area (Å²) in [5, 5.41) is 3.00. The van der Waals surface area contributed by atoms with Crippen LogP contribution in [0.2, 0.25) is 13.3 Å². The molecule has 0 radical (unpaired) electrons. The summed E-state index contributed by atoms with van der Waals surface area (Å²) in [6.07, 6.45) is 13.3. The van der Waals surface area contributed by atoms with Gasteiger partial charge in [0.2, 0.25) is 0 Å². The summed E-state index contributed by atoms with van der Waals surface area (Å²) in [5.41, 5.74) is 0. The number of amides is 1. The maximum atomic E-state index is 12.3. The average Bonchev–Trinajstić information content (AvgIpc) is 2.73. The van der Waals surface area contributed by atoms with Crippen molar-refractivity contribution < 1.29 is 14.3 Å². The van der Waals surface area contributed by atoms with E-state index >= 15 is 0 Å². The number of carbonyl (C=O) groups is 2. The van der Waals surface area contributed by atoms with E-state index in [9.17, 15) is 9.59 Å². The van der Waals surface area contributed by atoms with Crippen molar-refractivity contribution in [1.29, 1.82) is 0 Å².